The summed E-state index contributed by atoms with van der Waals surface area (Å²) in [4.78, 5) is 3.33. The van der Waals surface area contributed by atoms with Crippen LogP contribution in [0.25, 0.3) is 10.9 Å². The summed E-state index contributed by atoms with van der Waals surface area (Å²) in [6.45, 7) is 4.46. The fourth-order valence-electron chi connectivity index (χ4n) is 2.99. The first-order valence-electron chi connectivity index (χ1n) is 6.51. The number of benzene rings is 1. The van der Waals surface area contributed by atoms with Gasteiger partial charge in [0.05, 0.1) is 11.6 Å². The molecule has 2 N–H and O–H groups in total. The number of piperidine rings is 1. The highest BCUT2D eigenvalue weighted by Gasteiger charge is 2.24. The molecule has 2 aromatic rings. The summed E-state index contributed by atoms with van der Waals surface area (Å²) in [6, 6.07) is 8.11. The summed E-state index contributed by atoms with van der Waals surface area (Å²) in [6.07, 6.45) is 3.29. The number of rotatable bonds is 1. The van der Waals surface area contributed by atoms with Crippen molar-refractivity contribution >= 4 is 10.9 Å². The van der Waals surface area contributed by atoms with E-state index < -0.39 is 0 Å². The first-order valence-corrected chi connectivity index (χ1v) is 6.51. The Morgan fingerprint density at radius 2 is 2.28 bits per heavy atom. The van der Waals surface area contributed by atoms with Gasteiger partial charge in [-0.1, -0.05) is 6.92 Å². The third-order valence-corrected chi connectivity index (χ3v) is 4.03. The van der Waals surface area contributed by atoms with Crippen LogP contribution >= 0.6 is 0 Å². The number of aromatic amines is 1. The summed E-state index contributed by atoms with van der Waals surface area (Å²) >= 11 is 0. The summed E-state index contributed by atoms with van der Waals surface area (Å²) in [5.74, 6) is 1.23. The summed E-state index contributed by atoms with van der Waals surface area (Å²) in [7, 11) is 0. The zero-order chi connectivity index (χ0) is 12.5. The van der Waals surface area contributed by atoms with Gasteiger partial charge in [-0.15, -0.1) is 0 Å². The molecular formula is C15H17N3. The fraction of sp³-hybridized carbons (Fsp3) is 0.400. The lowest BCUT2D eigenvalue weighted by Gasteiger charge is -2.29. The first kappa shape index (κ1) is 11.3. The van der Waals surface area contributed by atoms with Crippen molar-refractivity contribution in [3.63, 3.8) is 0 Å². The van der Waals surface area contributed by atoms with Gasteiger partial charge < -0.3 is 10.3 Å². The van der Waals surface area contributed by atoms with Crippen molar-refractivity contribution in [2.45, 2.75) is 19.3 Å². The number of nitriles is 1. The second-order valence-corrected chi connectivity index (χ2v) is 5.19. The Hall–Kier alpha value is -1.79. The highest BCUT2D eigenvalue weighted by Crippen LogP contribution is 2.34. The van der Waals surface area contributed by atoms with E-state index in [9.17, 15) is 0 Å². The van der Waals surface area contributed by atoms with Gasteiger partial charge in [-0.3, -0.25) is 0 Å². The van der Waals surface area contributed by atoms with Crippen molar-refractivity contribution in [1.82, 2.24) is 10.3 Å². The van der Waals surface area contributed by atoms with Gasteiger partial charge in [0, 0.05) is 17.1 Å². The maximum absolute atomic E-state index is 9.02. The van der Waals surface area contributed by atoms with Crippen LogP contribution < -0.4 is 5.32 Å². The van der Waals surface area contributed by atoms with Gasteiger partial charge in [-0.05, 0) is 55.1 Å². The fourth-order valence-corrected chi connectivity index (χ4v) is 2.99. The molecule has 1 saturated heterocycles. The number of hydrogen-bond donors (Lipinski definition) is 2. The molecule has 1 aromatic carbocycles. The van der Waals surface area contributed by atoms with E-state index in [2.05, 4.69) is 29.5 Å². The van der Waals surface area contributed by atoms with Crippen molar-refractivity contribution in [3.05, 3.63) is 35.5 Å². The molecule has 18 heavy (non-hydrogen) atoms. The van der Waals surface area contributed by atoms with E-state index in [1.54, 1.807) is 0 Å². The Bertz CT molecular complexity index is 606. The Labute approximate surface area is 107 Å². The van der Waals surface area contributed by atoms with Crippen molar-refractivity contribution < 1.29 is 0 Å². The summed E-state index contributed by atoms with van der Waals surface area (Å²) in [5.41, 5.74) is 3.25. The lowest BCUT2D eigenvalue weighted by molar-refractivity contribution is 0.351. The second-order valence-electron chi connectivity index (χ2n) is 5.19. The molecule has 1 aliphatic heterocycles. The maximum atomic E-state index is 9.02. The molecule has 2 heterocycles. The minimum atomic E-state index is 0.592. The molecule has 0 spiro atoms. The Morgan fingerprint density at radius 1 is 1.39 bits per heavy atom. The third-order valence-electron chi connectivity index (χ3n) is 4.03. The van der Waals surface area contributed by atoms with E-state index in [1.807, 2.05) is 18.2 Å². The smallest absolute Gasteiger partial charge is 0.0991 e. The molecule has 0 amide bonds. The molecule has 0 bridgehead atoms. The number of nitrogens with zero attached hydrogens (tertiary/aromatic N) is 1. The van der Waals surface area contributed by atoms with Crippen LogP contribution in [0.5, 0.6) is 0 Å². The highest BCUT2D eigenvalue weighted by atomic mass is 14.9. The van der Waals surface area contributed by atoms with E-state index in [0.717, 1.165) is 24.2 Å². The molecule has 1 aliphatic rings. The number of fused-ring (bicyclic) bond motifs is 1. The molecule has 1 aromatic heterocycles. The molecule has 3 heteroatoms. The Kier molecular flexibility index (Phi) is 2.81. The third kappa shape index (κ3) is 1.79. The molecule has 3 rings (SSSR count). The number of aromatic nitrogens is 1. The average Bonchev–Trinajstić information content (AvgIpc) is 2.82. The molecule has 1 fully saturated rings. The van der Waals surface area contributed by atoms with Gasteiger partial charge in [0.2, 0.25) is 0 Å². The molecule has 0 saturated carbocycles. The van der Waals surface area contributed by atoms with Gasteiger partial charge in [-0.2, -0.15) is 5.26 Å². The quantitative estimate of drug-likeness (QED) is 0.804. The van der Waals surface area contributed by atoms with Crippen molar-refractivity contribution in [2.75, 3.05) is 13.1 Å². The molecular weight excluding hydrogens is 222 g/mol. The Balaban J connectivity index is 2.08. The average molecular weight is 239 g/mol. The summed E-state index contributed by atoms with van der Waals surface area (Å²) < 4.78 is 0. The molecule has 0 radical (unpaired) electrons. The maximum Gasteiger partial charge on any atom is 0.0991 e. The molecule has 3 nitrogen and oxygen atoms in total. The van der Waals surface area contributed by atoms with Crippen LogP contribution in [0.2, 0.25) is 0 Å². The van der Waals surface area contributed by atoms with Crippen LogP contribution in [0.1, 0.15) is 30.4 Å². The first-order chi connectivity index (χ1) is 8.79. The van der Waals surface area contributed by atoms with E-state index in [0.29, 0.717) is 11.8 Å². The van der Waals surface area contributed by atoms with Gasteiger partial charge in [0.25, 0.3) is 0 Å². The van der Waals surface area contributed by atoms with Gasteiger partial charge in [0.1, 0.15) is 0 Å². The minimum Gasteiger partial charge on any atom is -0.361 e. The minimum absolute atomic E-state index is 0.592. The Morgan fingerprint density at radius 3 is 3.06 bits per heavy atom. The highest BCUT2D eigenvalue weighted by molar-refractivity contribution is 5.85. The predicted octanol–water partition coefficient (Wildman–Crippen LogP) is 2.75. The lowest BCUT2D eigenvalue weighted by atomic mass is 9.82. The van der Waals surface area contributed by atoms with E-state index in [4.69, 9.17) is 5.26 Å². The monoisotopic (exact) mass is 239 g/mol. The van der Waals surface area contributed by atoms with Crippen LogP contribution in [0.3, 0.4) is 0 Å². The van der Waals surface area contributed by atoms with Gasteiger partial charge >= 0.3 is 0 Å². The topological polar surface area (TPSA) is 51.6 Å². The van der Waals surface area contributed by atoms with Crippen molar-refractivity contribution in [2.24, 2.45) is 5.92 Å². The zero-order valence-electron chi connectivity index (χ0n) is 10.5. The number of nitrogens with one attached hydrogen (secondary N) is 2. The van der Waals surface area contributed by atoms with E-state index in [-0.39, 0.29) is 0 Å². The number of hydrogen-bond acceptors (Lipinski definition) is 2. The van der Waals surface area contributed by atoms with Crippen LogP contribution in [0.15, 0.2) is 24.4 Å². The van der Waals surface area contributed by atoms with Crippen molar-refractivity contribution in [3.8, 4) is 6.07 Å². The van der Waals surface area contributed by atoms with Gasteiger partial charge in [-0.25, -0.2) is 0 Å². The van der Waals surface area contributed by atoms with Gasteiger partial charge in [0.15, 0.2) is 0 Å². The number of H-pyrrole nitrogens is 1. The van der Waals surface area contributed by atoms with E-state index >= 15 is 0 Å². The van der Waals surface area contributed by atoms with Crippen LogP contribution in [-0.2, 0) is 0 Å². The standard InChI is InChI=1S/C15H17N3/c1-10-8-17-5-4-12(10)14-9-18-15-3-2-11(7-16)6-13(14)15/h2-3,6,9-10,12,17-18H,4-5,8H2,1H3. The predicted molar refractivity (Wildman–Crippen MR) is 72.4 cm³/mol. The normalized spacial score (nSPS) is 24.0. The molecule has 92 valence electrons. The van der Waals surface area contributed by atoms with Crippen LogP contribution in [0, 0.1) is 17.2 Å². The second kappa shape index (κ2) is 4.47. The van der Waals surface area contributed by atoms with Crippen molar-refractivity contribution in [1.29, 1.82) is 5.26 Å². The van der Waals surface area contributed by atoms with Crippen LogP contribution in [0.4, 0.5) is 0 Å². The SMILES string of the molecule is CC1CNCCC1c1c[nH]c2ccc(C#N)cc12. The largest absolute Gasteiger partial charge is 0.361 e. The lowest BCUT2D eigenvalue weighted by Crippen LogP contribution is -2.33. The molecule has 2 atom stereocenters. The molecule has 0 aliphatic carbocycles. The zero-order valence-corrected chi connectivity index (χ0v) is 10.5. The van der Waals surface area contributed by atoms with E-state index in [1.165, 1.54) is 17.4 Å². The summed E-state index contributed by atoms with van der Waals surface area (Å²) in [5, 5.41) is 13.7. The van der Waals surface area contributed by atoms with Crippen LogP contribution in [-0.4, -0.2) is 18.1 Å². The molecule has 2 unspecified atom stereocenters.